The van der Waals surface area contributed by atoms with E-state index in [0.29, 0.717) is 12.0 Å². The maximum absolute atomic E-state index is 3.53. The molecule has 0 bridgehead atoms. The maximum Gasteiger partial charge on any atom is 0.0172 e. The minimum atomic E-state index is 0.518. The zero-order chi connectivity index (χ0) is 14.5. The lowest BCUT2D eigenvalue weighted by Crippen LogP contribution is -2.26. The fourth-order valence-corrected chi connectivity index (χ4v) is 2.32. The third-order valence-corrected chi connectivity index (χ3v) is 3.62. The van der Waals surface area contributed by atoms with Crippen molar-refractivity contribution < 1.29 is 0 Å². The first-order chi connectivity index (χ1) is 9.58. The molecular weight excluding hydrogens is 242 g/mol. The molecule has 1 nitrogen and oxygen atoms in total. The van der Waals surface area contributed by atoms with E-state index in [1.54, 1.807) is 0 Å². The molecule has 0 saturated heterocycles. The predicted molar refractivity (Wildman–Crippen MR) is 89.9 cm³/mol. The van der Waals surface area contributed by atoms with E-state index in [4.69, 9.17) is 0 Å². The zero-order valence-electron chi connectivity index (χ0n) is 13.0. The molecule has 0 aliphatic heterocycles. The Kier molecular flexibility index (Phi) is 4.97. The van der Waals surface area contributed by atoms with E-state index in [1.807, 2.05) is 0 Å². The molecule has 0 unspecified atom stereocenters. The standard InChI is InChI=1S/C19H25N/c1-14(2)18(13-20-15(3)4)12-17-10-7-9-16-8-5-6-11-19(16)17/h5-12,14-15,20H,13H2,1-4H3. The summed E-state index contributed by atoms with van der Waals surface area (Å²) in [5.74, 6) is 0.556. The van der Waals surface area contributed by atoms with Crippen molar-refractivity contribution in [1.29, 1.82) is 0 Å². The summed E-state index contributed by atoms with van der Waals surface area (Å²) in [6.45, 7) is 9.86. The van der Waals surface area contributed by atoms with Crippen LogP contribution in [0.2, 0.25) is 0 Å². The molecule has 20 heavy (non-hydrogen) atoms. The highest BCUT2D eigenvalue weighted by molar-refractivity contribution is 5.90. The van der Waals surface area contributed by atoms with Gasteiger partial charge in [-0.3, -0.25) is 0 Å². The van der Waals surface area contributed by atoms with E-state index in [2.05, 4.69) is 81.6 Å². The number of hydrogen-bond acceptors (Lipinski definition) is 1. The molecule has 0 radical (unpaired) electrons. The molecule has 0 saturated carbocycles. The number of nitrogens with one attached hydrogen (secondary N) is 1. The molecule has 2 aromatic rings. The molecule has 2 rings (SSSR count). The SMILES string of the molecule is CC(C)NCC(=Cc1cccc2ccccc12)C(C)C. The molecule has 0 amide bonds. The summed E-state index contributed by atoms with van der Waals surface area (Å²) in [4.78, 5) is 0. The third-order valence-electron chi connectivity index (χ3n) is 3.62. The Bertz CT molecular complexity index is 588. The summed E-state index contributed by atoms with van der Waals surface area (Å²) in [6.07, 6.45) is 2.35. The van der Waals surface area contributed by atoms with Gasteiger partial charge in [-0.1, -0.05) is 81.8 Å². The number of benzene rings is 2. The minimum absolute atomic E-state index is 0.518. The lowest BCUT2D eigenvalue weighted by atomic mass is 9.97. The summed E-state index contributed by atoms with van der Waals surface area (Å²) < 4.78 is 0. The van der Waals surface area contributed by atoms with Crippen LogP contribution in [0.5, 0.6) is 0 Å². The van der Waals surface area contributed by atoms with Gasteiger partial charge in [0.2, 0.25) is 0 Å². The fraction of sp³-hybridized carbons (Fsp3) is 0.368. The molecule has 1 heteroatoms. The Morgan fingerprint density at radius 1 is 1.00 bits per heavy atom. The van der Waals surface area contributed by atoms with Crippen molar-refractivity contribution >= 4 is 16.8 Å². The zero-order valence-corrected chi connectivity index (χ0v) is 13.0. The number of rotatable bonds is 5. The molecule has 2 aromatic carbocycles. The van der Waals surface area contributed by atoms with Crippen molar-refractivity contribution in [2.24, 2.45) is 5.92 Å². The van der Waals surface area contributed by atoms with Crippen LogP contribution in [0.25, 0.3) is 16.8 Å². The van der Waals surface area contributed by atoms with Gasteiger partial charge in [0.05, 0.1) is 0 Å². The molecule has 106 valence electrons. The molecule has 0 aliphatic carbocycles. The van der Waals surface area contributed by atoms with Crippen LogP contribution in [-0.2, 0) is 0 Å². The highest BCUT2D eigenvalue weighted by Gasteiger charge is 2.06. The van der Waals surface area contributed by atoms with Crippen LogP contribution < -0.4 is 5.32 Å². The topological polar surface area (TPSA) is 12.0 Å². The lowest BCUT2D eigenvalue weighted by molar-refractivity contribution is 0.593. The van der Waals surface area contributed by atoms with E-state index < -0.39 is 0 Å². The van der Waals surface area contributed by atoms with E-state index in [0.717, 1.165) is 6.54 Å². The van der Waals surface area contributed by atoms with E-state index in [-0.39, 0.29) is 0 Å². The number of hydrogen-bond donors (Lipinski definition) is 1. The van der Waals surface area contributed by atoms with Gasteiger partial charge >= 0.3 is 0 Å². The summed E-state index contributed by atoms with van der Waals surface area (Å²) >= 11 is 0. The Labute approximate surface area is 122 Å². The van der Waals surface area contributed by atoms with Gasteiger partial charge in [-0.05, 0) is 22.3 Å². The van der Waals surface area contributed by atoms with Gasteiger partial charge in [0.15, 0.2) is 0 Å². The Morgan fingerprint density at radius 2 is 1.70 bits per heavy atom. The van der Waals surface area contributed by atoms with Gasteiger partial charge < -0.3 is 5.32 Å². The van der Waals surface area contributed by atoms with E-state index >= 15 is 0 Å². The van der Waals surface area contributed by atoms with Gasteiger partial charge in [0.25, 0.3) is 0 Å². The second-order valence-corrected chi connectivity index (χ2v) is 5.98. The normalized spacial score (nSPS) is 12.6. The van der Waals surface area contributed by atoms with E-state index in [1.165, 1.54) is 21.9 Å². The largest absolute Gasteiger partial charge is 0.311 e. The Hall–Kier alpha value is -1.60. The second-order valence-electron chi connectivity index (χ2n) is 5.98. The van der Waals surface area contributed by atoms with Gasteiger partial charge in [-0.15, -0.1) is 0 Å². The van der Waals surface area contributed by atoms with E-state index in [9.17, 15) is 0 Å². The molecule has 0 fully saturated rings. The average Bonchev–Trinajstić information content (AvgIpc) is 2.43. The monoisotopic (exact) mass is 267 g/mol. The van der Waals surface area contributed by atoms with Crippen molar-refractivity contribution in [2.75, 3.05) is 6.54 Å². The first kappa shape index (κ1) is 14.8. The molecule has 0 aromatic heterocycles. The van der Waals surface area contributed by atoms with Crippen molar-refractivity contribution in [3.63, 3.8) is 0 Å². The molecule has 1 N–H and O–H groups in total. The van der Waals surface area contributed by atoms with Crippen LogP contribution in [0.3, 0.4) is 0 Å². The minimum Gasteiger partial charge on any atom is -0.311 e. The van der Waals surface area contributed by atoms with Gasteiger partial charge in [0, 0.05) is 12.6 Å². The van der Waals surface area contributed by atoms with Crippen LogP contribution in [0, 0.1) is 5.92 Å². The van der Waals surface area contributed by atoms with Gasteiger partial charge in [-0.2, -0.15) is 0 Å². The predicted octanol–water partition coefficient (Wildman–Crippen LogP) is 4.88. The Balaban J connectivity index is 2.38. The third kappa shape index (κ3) is 3.71. The Morgan fingerprint density at radius 3 is 2.40 bits per heavy atom. The highest BCUT2D eigenvalue weighted by atomic mass is 14.9. The maximum atomic E-state index is 3.53. The van der Waals surface area contributed by atoms with Crippen molar-refractivity contribution in [3.8, 4) is 0 Å². The smallest absolute Gasteiger partial charge is 0.0172 e. The van der Waals surface area contributed by atoms with Crippen LogP contribution >= 0.6 is 0 Å². The van der Waals surface area contributed by atoms with Crippen LogP contribution in [-0.4, -0.2) is 12.6 Å². The highest BCUT2D eigenvalue weighted by Crippen LogP contribution is 2.22. The first-order valence-corrected chi connectivity index (χ1v) is 7.49. The summed E-state index contributed by atoms with van der Waals surface area (Å²) in [5.41, 5.74) is 2.77. The molecule has 0 atom stereocenters. The first-order valence-electron chi connectivity index (χ1n) is 7.49. The molecular formula is C19H25N. The molecule has 0 spiro atoms. The van der Waals surface area contributed by atoms with Crippen LogP contribution in [0.15, 0.2) is 48.0 Å². The van der Waals surface area contributed by atoms with Crippen LogP contribution in [0.1, 0.15) is 33.3 Å². The molecule has 0 aliphatic rings. The van der Waals surface area contributed by atoms with Gasteiger partial charge in [0.1, 0.15) is 0 Å². The molecule has 0 heterocycles. The lowest BCUT2D eigenvalue weighted by Gasteiger charge is -2.15. The van der Waals surface area contributed by atoms with Crippen LogP contribution in [0.4, 0.5) is 0 Å². The van der Waals surface area contributed by atoms with Crippen molar-refractivity contribution in [3.05, 3.63) is 53.6 Å². The van der Waals surface area contributed by atoms with Crippen molar-refractivity contribution in [1.82, 2.24) is 5.32 Å². The summed E-state index contributed by atoms with van der Waals surface area (Å²) in [7, 11) is 0. The second kappa shape index (κ2) is 6.71. The quantitative estimate of drug-likeness (QED) is 0.814. The van der Waals surface area contributed by atoms with Crippen molar-refractivity contribution in [2.45, 2.75) is 33.7 Å². The summed E-state index contributed by atoms with van der Waals surface area (Å²) in [5, 5.41) is 6.16. The summed E-state index contributed by atoms with van der Waals surface area (Å²) in [6, 6.07) is 15.6. The average molecular weight is 267 g/mol. The fourth-order valence-electron chi connectivity index (χ4n) is 2.32. The number of fused-ring (bicyclic) bond motifs is 1. The van der Waals surface area contributed by atoms with Gasteiger partial charge in [-0.25, -0.2) is 0 Å².